The highest BCUT2D eigenvalue weighted by Gasteiger charge is 2.51. The summed E-state index contributed by atoms with van der Waals surface area (Å²) in [6.07, 6.45) is 3.13. The van der Waals surface area contributed by atoms with E-state index in [-0.39, 0.29) is 5.97 Å². The molecular weight excluding hydrogens is 288 g/mol. The van der Waals surface area contributed by atoms with Crippen LogP contribution in [0.5, 0.6) is 0 Å². The molecule has 1 aliphatic rings. The Morgan fingerprint density at radius 1 is 1.52 bits per heavy atom. The van der Waals surface area contributed by atoms with E-state index in [4.69, 9.17) is 4.74 Å². The topological polar surface area (TPSA) is 79.9 Å². The lowest BCUT2D eigenvalue weighted by molar-refractivity contribution is -0.151. The number of nitrogens with zero attached hydrogens (tertiary/aromatic N) is 2. The van der Waals surface area contributed by atoms with Crippen molar-refractivity contribution in [2.75, 3.05) is 18.9 Å². The number of hydrogen-bond donors (Lipinski definition) is 2. The second kappa shape index (κ2) is 7.26. The Bertz CT molecular complexity index is 475. The average molecular weight is 312 g/mol. The van der Waals surface area contributed by atoms with Crippen molar-refractivity contribution in [3.63, 3.8) is 0 Å². The number of nitrogens with one attached hydrogen (secondary N) is 2. The van der Waals surface area contributed by atoms with Crippen LogP contribution >= 0.6 is 11.8 Å². The van der Waals surface area contributed by atoms with Crippen LogP contribution in [0.4, 0.5) is 0 Å². The standard InChI is InChI=1S/C14H24N4O2S/c1-4-8-15-14(11-6-7-11,12(19)20-5-2)9-21-13-16-10(3)17-18-13/h11,15H,4-9H2,1-3H3,(H,16,17,18). The number of H-pyrrole nitrogens is 1. The number of hydrogen-bond acceptors (Lipinski definition) is 6. The molecule has 0 aromatic carbocycles. The zero-order valence-electron chi connectivity index (χ0n) is 12.9. The molecule has 7 heteroatoms. The van der Waals surface area contributed by atoms with E-state index in [1.807, 2.05) is 13.8 Å². The molecule has 0 saturated heterocycles. The highest BCUT2D eigenvalue weighted by atomic mass is 32.2. The van der Waals surface area contributed by atoms with Crippen molar-refractivity contribution >= 4 is 17.7 Å². The highest BCUT2D eigenvalue weighted by molar-refractivity contribution is 7.99. The van der Waals surface area contributed by atoms with Crippen LogP contribution in [0.15, 0.2) is 5.16 Å². The van der Waals surface area contributed by atoms with Crippen LogP contribution in [-0.2, 0) is 9.53 Å². The Hall–Kier alpha value is -1.08. The maximum absolute atomic E-state index is 12.5. The fourth-order valence-corrected chi connectivity index (χ4v) is 3.48. The monoisotopic (exact) mass is 312 g/mol. The summed E-state index contributed by atoms with van der Waals surface area (Å²) in [7, 11) is 0. The van der Waals surface area contributed by atoms with Crippen molar-refractivity contribution in [1.82, 2.24) is 20.5 Å². The summed E-state index contributed by atoms with van der Waals surface area (Å²) in [5.74, 6) is 1.61. The van der Waals surface area contributed by atoms with Gasteiger partial charge in [-0.1, -0.05) is 18.7 Å². The van der Waals surface area contributed by atoms with Crippen LogP contribution < -0.4 is 5.32 Å². The van der Waals surface area contributed by atoms with Gasteiger partial charge in [0.15, 0.2) is 0 Å². The molecule has 1 heterocycles. The lowest BCUT2D eigenvalue weighted by Gasteiger charge is -2.32. The van der Waals surface area contributed by atoms with Crippen LogP contribution in [-0.4, -0.2) is 45.6 Å². The summed E-state index contributed by atoms with van der Waals surface area (Å²) in [6, 6.07) is 0. The van der Waals surface area contributed by atoms with Gasteiger partial charge in [0.25, 0.3) is 0 Å². The number of rotatable bonds is 9. The molecule has 118 valence electrons. The van der Waals surface area contributed by atoms with Gasteiger partial charge < -0.3 is 10.1 Å². The predicted molar refractivity (Wildman–Crippen MR) is 82.2 cm³/mol. The van der Waals surface area contributed by atoms with Gasteiger partial charge in [-0.3, -0.25) is 9.89 Å². The quantitative estimate of drug-likeness (QED) is 0.536. The zero-order chi connectivity index (χ0) is 15.3. The molecule has 0 bridgehead atoms. The molecule has 21 heavy (non-hydrogen) atoms. The summed E-state index contributed by atoms with van der Waals surface area (Å²) >= 11 is 1.50. The maximum atomic E-state index is 12.5. The van der Waals surface area contributed by atoms with E-state index in [2.05, 4.69) is 27.4 Å². The van der Waals surface area contributed by atoms with Gasteiger partial charge in [0.1, 0.15) is 11.4 Å². The van der Waals surface area contributed by atoms with Crippen molar-refractivity contribution in [2.24, 2.45) is 5.92 Å². The maximum Gasteiger partial charge on any atom is 0.327 e. The molecule has 1 aliphatic carbocycles. The van der Waals surface area contributed by atoms with E-state index >= 15 is 0 Å². The summed E-state index contributed by atoms with van der Waals surface area (Å²) in [4.78, 5) is 16.8. The summed E-state index contributed by atoms with van der Waals surface area (Å²) < 4.78 is 5.34. The van der Waals surface area contributed by atoms with E-state index in [0.29, 0.717) is 23.4 Å². The summed E-state index contributed by atoms with van der Waals surface area (Å²) in [5.41, 5.74) is -0.606. The van der Waals surface area contributed by atoms with Crippen molar-refractivity contribution < 1.29 is 9.53 Å². The van der Waals surface area contributed by atoms with Crippen molar-refractivity contribution in [3.8, 4) is 0 Å². The molecular formula is C14H24N4O2S. The van der Waals surface area contributed by atoms with Gasteiger partial charge >= 0.3 is 5.97 Å². The fourth-order valence-electron chi connectivity index (χ4n) is 2.36. The third-order valence-corrected chi connectivity index (χ3v) is 4.65. The minimum atomic E-state index is -0.606. The van der Waals surface area contributed by atoms with E-state index < -0.39 is 5.54 Å². The Morgan fingerprint density at radius 2 is 2.29 bits per heavy atom. The molecule has 0 spiro atoms. The third kappa shape index (κ3) is 3.97. The van der Waals surface area contributed by atoms with Gasteiger partial charge in [0.05, 0.1) is 6.61 Å². The predicted octanol–water partition coefficient (Wildman–Crippen LogP) is 1.92. The van der Waals surface area contributed by atoms with Gasteiger partial charge in [0.2, 0.25) is 5.16 Å². The van der Waals surface area contributed by atoms with Crippen molar-refractivity contribution in [3.05, 3.63) is 5.82 Å². The molecule has 1 atom stereocenters. The van der Waals surface area contributed by atoms with Gasteiger partial charge in [-0.05, 0) is 45.6 Å². The van der Waals surface area contributed by atoms with Gasteiger partial charge in [-0.15, -0.1) is 5.10 Å². The van der Waals surface area contributed by atoms with Crippen LogP contribution in [0.25, 0.3) is 0 Å². The van der Waals surface area contributed by atoms with Crippen molar-refractivity contribution in [2.45, 2.75) is 50.7 Å². The molecule has 0 amide bonds. The van der Waals surface area contributed by atoms with Crippen LogP contribution in [0.2, 0.25) is 0 Å². The SMILES string of the molecule is CCCNC(CSc1n[nH]c(C)n1)(C(=O)OCC)C1CC1. The molecule has 1 fully saturated rings. The lowest BCUT2D eigenvalue weighted by atomic mass is 9.95. The fraction of sp³-hybridized carbons (Fsp3) is 0.786. The van der Waals surface area contributed by atoms with E-state index in [0.717, 1.165) is 31.6 Å². The zero-order valence-corrected chi connectivity index (χ0v) is 13.8. The number of aromatic amines is 1. The molecule has 1 unspecified atom stereocenters. The molecule has 1 aromatic heterocycles. The summed E-state index contributed by atoms with van der Waals surface area (Å²) in [6.45, 7) is 7.03. The van der Waals surface area contributed by atoms with Gasteiger partial charge in [-0.25, -0.2) is 4.98 Å². The average Bonchev–Trinajstić information content (AvgIpc) is 3.23. The number of carbonyl (C=O) groups excluding carboxylic acids is 1. The molecule has 2 rings (SSSR count). The smallest absolute Gasteiger partial charge is 0.327 e. The number of aryl methyl sites for hydroxylation is 1. The first kappa shape index (κ1) is 16.3. The first-order valence-corrected chi connectivity index (χ1v) is 8.55. The van der Waals surface area contributed by atoms with Crippen molar-refractivity contribution in [1.29, 1.82) is 0 Å². The molecule has 1 aromatic rings. The van der Waals surface area contributed by atoms with E-state index in [1.54, 1.807) is 0 Å². The number of ether oxygens (including phenoxy) is 1. The lowest BCUT2D eigenvalue weighted by Crippen LogP contribution is -2.57. The Morgan fingerprint density at radius 3 is 2.81 bits per heavy atom. The Labute approximate surface area is 129 Å². The second-order valence-corrected chi connectivity index (χ2v) is 6.33. The second-order valence-electron chi connectivity index (χ2n) is 5.38. The van der Waals surface area contributed by atoms with Crippen LogP contribution in [0.1, 0.15) is 38.9 Å². The minimum Gasteiger partial charge on any atom is -0.465 e. The minimum absolute atomic E-state index is 0.138. The molecule has 6 nitrogen and oxygen atoms in total. The van der Waals surface area contributed by atoms with E-state index in [9.17, 15) is 4.79 Å². The van der Waals surface area contributed by atoms with Crippen LogP contribution in [0.3, 0.4) is 0 Å². The van der Waals surface area contributed by atoms with Gasteiger partial charge in [0, 0.05) is 5.75 Å². The highest BCUT2D eigenvalue weighted by Crippen LogP contribution is 2.43. The normalized spacial score (nSPS) is 17.5. The first-order valence-electron chi connectivity index (χ1n) is 7.56. The Balaban J connectivity index is 2.10. The number of thioether (sulfide) groups is 1. The molecule has 1 saturated carbocycles. The number of carbonyl (C=O) groups is 1. The van der Waals surface area contributed by atoms with Crippen LogP contribution in [0, 0.1) is 12.8 Å². The number of esters is 1. The molecule has 2 N–H and O–H groups in total. The van der Waals surface area contributed by atoms with E-state index in [1.165, 1.54) is 11.8 Å². The van der Waals surface area contributed by atoms with Gasteiger partial charge in [-0.2, -0.15) is 0 Å². The summed E-state index contributed by atoms with van der Waals surface area (Å²) in [5, 5.41) is 11.1. The number of aromatic nitrogens is 3. The molecule has 0 aliphatic heterocycles. The molecule has 0 radical (unpaired) electrons. The third-order valence-electron chi connectivity index (χ3n) is 3.61. The first-order chi connectivity index (χ1) is 10.1. The largest absolute Gasteiger partial charge is 0.465 e. The Kier molecular flexibility index (Phi) is 5.64.